The topological polar surface area (TPSA) is 86.6 Å². The Morgan fingerprint density at radius 2 is 1.74 bits per heavy atom. The summed E-state index contributed by atoms with van der Waals surface area (Å²) in [6, 6.07) is 13.5. The van der Waals surface area contributed by atoms with Crippen LogP contribution >= 0.6 is 11.6 Å². The molecule has 0 saturated heterocycles. The number of methoxy groups -OCH3 is 2. The van der Waals surface area contributed by atoms with Gasteiger partial charge in [-0.3, -0.25) is 19.0 Å². The number of amides is 1. The Labute approximate surface area is 208 Å². The molecular weight excluding hydrogens is 468 g/mol. The Hall–Kier alpha value is -3.58. The molecule has 0 radical (unpaired) electrons. The van der Waals surface area contributed by atoms with Crippen molar-refractivity contribution < 1.29 is 19.1 Å². The van der Waals surface area contributed by atoms with Gasteiger partial charge in [0.2, 0.25) is 0 Å². The van der Waals surface area contributed by atoms with E-state index < -0.39 is 11.5 Å². The van der Waals surface area contributed by atoms with E-state index in [1.807, 2.05) is 13.8 Å². The average molecular weight is 495 g/mol. The summed E-state index contributed by atoms with van der Waals surface area (Å²) in [7, 11) is 3.03. The summed E-state index contributed by atoms with van der Waals surface area (Å²) in [6.07, 6.45) is 0.801. The van der Waals surface area contributed by atoms with Crippen molar-refractivity contribution in [2.45, 2.75) is 33.2 Å². The summed E-state index contributed by atoms with van der Waals surface area (Å²) in [5.74, 6) is 0.254. The van der Waals surface area contributed by atoms with Gasteiger partial charge in [-0.1, -0.05) is 37.6 Å². The van der Waals surface area contributed by atoms with Crippen molar-refractivity contribution in [2.75, 3.05) is 14.2 Å². The second kappa shape index (κ2) is 9.58. The highest BCUT2D eigenvalue weighted by atomic mass is 35.5. The molecule has 4 rings (SSSR count). The highest BCUT2D eigenvalue weighted by molar-refractivity contribution is 6.30. The van der Waals surface area contributed by atoms with Crippen LogP contribution in [0.5, 0.6) is 11.5 Å². The minimum atomic E-state index is -0.569. The van der Waals surface area contributed by atoms with Crippen LogP contribution in [0.3, 0.4) is 0 Å². The molecule has 1 amide bonds. The Bertz CT molecular complexity index is 1360. The van der Waals surface area contributed by atoms with Crippen LogP contribution in [0.1, 0.15) is 52.2 Å². The standard InChI is InChI=1S/C27H27ClN2O5/c1-27(2)13-22-19(23(31)14-27)12-20(25(32)29-15-16-5-7-17(28)8-6-16)26(33)30(22)21-11-18(34-3)9-10-24(21)35-4/h5-12H,13-15H2,1-4H3,(H,29,32). The molecule has 0 atom stereocenters. The van der Waals surface area contributed by atoms with Gasteiger partial charge >= 0.3 is 0 Å². The molecule has 0 unspecified atom stereocenters. The van der Waals surface area contributed by atoms with E-state index in [2.05, 4.69) is 5.32 Å². The number of ether oxygens (including phenoxy) is 2. The lowest BCUT2D eigenvalue weighted by atomic mass is 9.75. The summed E-state index contributed by atoms with van der Waals surface area (Å²) in [5, 5.41) is 3.37. The van der Waals surface area contributed by atoms with Crippen molar-refractivity contribution in [3.63, 3.8) is 0 Å². The smallest absolute Gasteiger partial charge is 0.268 e. The third-order valence-electron chi connectivity index (χ3n) is 6.13. The van der Waals surface area contributed by atoms with Gasteiger partial charge in [-0.15, -0.1) is 0 Å². The van der Waals surface area contributed by atoms with E-state index in [9.17, 15) is 14.4 Å². The quantitative estimate of drug-likeness (QED) is 0.541. The summed E-state index contributed by atoms with van der Waals surface area (Å²) in [5.41, 5.74) is 1.16. The fraction of sp³-hybridized carbons (Fsp3) is 0.296. The Kier molecular flexibility index (Phi) is 6.72. The molecular formula is C27H27ClN2O5. The van der Waals surface area contributed by atoms with E-state index in [-0.39, 0.29) is 23.3 Å². The fourth-order valence-electron chi connectivity index (χ4n) is 4.38. The number of fused-ring (bicyclic) bond motifs is 1. The molecule has 0 spiro atoms. The second-order valence-electron chi connectivity index (χ2n) is 9.35. The van der Waals surface area contributed by atoms with Crippen molar-refractivity contribution in [3.05, 3.63) is 86.3 Å². The van der Waals surface area contributed by atoms with Crippen LogP contribution in [0.15, 0.2) is 53.3 Å². The highest BCUT2D eigenvalue weighted by Gasteiger charge is 2.35. The number of hydrogen-bond acceptors (Lipinski definition) is 5. The molecule has 1 N–H and O–H groups in total. The maximum atomic E-state index is 13.8. The second-order valence-corrected chi connectivity index (χ2v) is 9.78. The van der Waals surface area contributed by atoms with Gasteiger partial charge < -0.3 is 14.8 Å². The van der Waals surface area contributed by atoms with Gasteiger partial charge in [0.15, 0.2) is 5.78 Å². The minimum absolute atomic E-state index is 0.112. The molecule has 0 saturated carbocycles. The maximum Gasteiger partial charge on any atom is 0.268 e. The number of ketones is 1. The lowest BCUT2D eigenvalue weighted by molar-refractivity contribution is 0.0908. The number of carbonyl (C=O) groups excluding carboxylic acids is 2. The Morgan fingerprint density at radius 3 is 2.40 bits per heavy atom. The van der Waals surface area contributed by atoms with Crippen LogP contribution < -0.4 is 20.3 Å². The van der Waals surface area contributed by atoms with Gasteiger partial charge in [0.1, 0.15) is 17.1 Å². The number of rotatable bonds is 6. The van der Waals surface area contributed by atoms with Gasteiger partial charge in [0.25, 0.3) is 11.5 Å². The van der Waals surface area contributed by atoms with E-state index in [1.54, 1.807) is 42.5 Å². The van der Waals surface area contributed by atoms with E-state index in [0.717, 1.165) is 5.56 Å². The van der Waals surface area contributed by atoms with E-state index >= 15 is 0 Å². The predicted octanol–water partition coefficient (Wildman–Crippen LogP) is 4.59. The van der Waals surface area contributed by atoms with Crippen molar-refractivity contribution in [3.8, 4) is 17.2 Å². The van der Waals surface area contributed by atoms with E-state index in [0.29, 0.717) is 46.3 Å². The maximum absolute atomic E-state index is 13.8. The van der Waals surface area contributed by atoms with Crippen LogP contribution in [0.25, 0.3) is 5.69 Å². The fourth-order valence-corrected chi connectivity index (χ4v) is 4.51. The minimum Gasteiger partial charge on any atom is -0.497 e. The summed E-state index contributed by atoms with van der Waals surface area (Å²) < 4.78 is 12.3. The summed E-state index contributed by atoms with van der Waals surface area (Å²) >= 11 is 5.93. The van der Waals surface area contributed by atoms with Crippen molar-refractivity contribution in [1.82, 2.24) is 9.88 Å². The number of Topliss-reactive ketones (excluding diaryl/α,β-unsaturated/α-hetero) is 1. The summed E-state index contributed by atoms with van der Waals surface area (Å²) in [4.78, 5) is 40.1. The molecule has 1 aromatic heterocycles. The normalized spacial score (nSPS) is 14.3. The molecule has 8 heteroatoms. The number of hydrogen-bond donors (Lipinski definition) is 1. The molecule has 1 heterocycles. The van der Waals surface area contributed by atoms with Gasteiger partial charge in [-0.25, -0.2) is 0 Å². The van der Waals surface area contributed by atoms with E-state index in [4.69, 9.17) is 21.1 Å². The molecule has 0 bridgehead atoms. The SMILES string of the molecule is COc1ccc(OC)c(-n2c3c(cc(C(=O)NCc4ccc(Cl)cc4)c2=O)C(=O)CC(C)(C)C3)c1. The van der Waals surface area contributed by atoms with Crippen LogP contribution in [0.2, 0.25) is 5.02 Å². The van der Waals surface area contributed by atoms with Crippen LogP contribution in [-0.2, 0) is 13.0 Å². The number of carbonyl (C=O) groups is 2. The first-order valence-corrected chi connectivity index (χ1v) is 11.6. The van der Waals surface area contributed by atoms with Crippen LogP contribution in [0.4, 0.5) is 0 Å². The van der Waals surface area contributed by atoms with Gasteiger partial charge in [0.05, 0.1) is 19.9 Å². The first-order valence-electron chi connectivity index (χ1n) is 11.2. The third-order valence-corrected chi connectivity index (χ3v) is 6.38. The van der Waals surface area contributed by atoms with Gasteiger partial charge in [0, 0.05) is 35.3 Å². The lowest BCUT2D eigenvalue weighted by Gasteiger charge is -2.32. The highest BCUT2D eigenvalue weighted by Crippen LogP contribution is 2.37. The number of nitrogens with one attached hydrogen (secondary N) is 1. The zero-order chi connectivity index (χ0) is 25.3. The monoisotopic (exact) mass is 494 g/mol. The van der Waals surface area contributed by atoms with E-state index in [1.165, 1.54) is 24.9 Å². The Morgan fingerprint density at radius 1 is 1.03 bits per heavy atom. The molecule has 7 nitrogen and oxygen atoms in total. The average Bonchev–Trinajstić information content (AvgIpc) is 2.82. The lowest BCUT2D eigenvalue weighted by Crippen LogP contribution is -2.38. The predicted molar refractivity (Wildman–Crippen MR) is 134 cm³/mol. The molecule has 2 aromatic carbocycles. The molecule has 35 heavy (non-hydrogen) atoms. The zero-order valence-corrected chi connectivity index (χ0v) is 20.9. The first kappa shape index (κ1) is 24.5. The van der Waals surface area contributed by atoms with Crippen molar-refractivity contribution >= 4 is 23.3 Å². The molecule has 1 aliphatic rings. The third kappa shape index (κ3) is 4.95. The summed E-state index contributed by atoms with van der Waals surface area (Å²) in [6.45, 7) is 4.17. The van der Waals surface area contributed by atoms with Crippen LogP contribution in [0, 0.1) is 5.41 Å². The largest absolute Gasteiger partial charge is 0.497 e. The van der Waals surface area contributed by atoms with Gasteiger partial charge in [-0.05, 0) is 47.7 Å². The number of nitrogens with zero attached hydrogens (tertiary/aromatic N) is 1. The molecule has 3 aromatic rings. The number of halogens is 1. The molecule has 182 valence electrons. The van der Waals surface area contributed by atoms with Crippen LogP contribution in [-0.4, -0.2) is 30.5 Å². The zero-order valence-electron chi connectivity index (χ0n) is 20.1. The number of aromatic nitrogens is 1. The molecule has 0 fully saturated rings. The van der Waals surface area contributed by atoms with Crippen molar-refractivity contribution in [1.29, 1.82) is 0 Å². The number of pyridine rings is 1. The number of benzene rings is 2. The molecule has 0 aliphatic heterocycles. The van der Waals surface area contributed by atoms with Crippen molar-refractivity contribution in [2.24, 2.45) is 5.41 Å². The van der Waals surface area contributed by atoms with Gasteiger partial charge in [-0.2, -0.15) is 0 Å². The molecule has 1 aliphatic carbocycles. The first-order chi connectivity index (χ1) is 16.6. The Balaban J connectivity index is 1.87.